The van der Waals surface area contributed by atoms with Gasteiger partial charge in [-0.25, -0.2) is 9.78 Å². The quantitative estimate of drug-likeness (QED) is 0.896. The Balaban J connectivity index is 1.55. The van der Waals surface area contributed by atoms with Gasteiger partial charge >= 0.3 is 6.03 Å². The minimum Gasteiger partial charge on any atom is -0.481 e. The van der Waals surface area contributed by atoms with Gasteiger partial charge in [0.1, 0.15) is 5.82 Å². The second kappa shape index (κ2) is 7.08. The molecule has 0 aromatic carbocycles. The van der Waals surface area contributed by atoms with Gasteiger partial charge in [0.15, 0.2) is 5.82 Å². The summed E-state index contributed by atoms with van der Waals surface area (Å²) in [5.41, 5.74) is 0.600. The van der Waals surface area contributed by atoms with Gasteiger partial charge < -0.3 is 19.9 Å². The van der Waals surface area contributed by atoms with E-state index in [2.05, 4.69) is 30.4 Å². The van der Waals surface area contributed by atoms with Crippen molar-refractivity contribution in [3.8, 4) is 5.88 Å². The van der Waals surface area contributed by atoms with Crippen molar-refractivity contribution < 1.29 is 9.53 Å². The van der Waals surface area contributed by atoms with E-state index in [1.807, 2.05) is 0 Å². The molecule has 1 aliphatic rings. The van der Waals surface area contributed by atoms with Crippen molar-refractivity contribution in [1.82, 2.24) is 25.1 Å². The van der Waals surface area contributed by atoms with Crippen LogP contribution in [0.5, 0.6) is 5.88 Å². The van der Waals surface area contributed by atoms with Gasteiger partial charge in [-0.15, -0.1) is 10.2 Å². The second-order valence-electron chi connectivity index (χ2n) is 5.39. The highest BCUT2D eigenvalue weighted by atomic mass is 16.5. The zero-order valence-corrected chi connectivity index (χ0v) is 13.1. The van der Waals surface area contributed by atoms with Gasteiger partial charge in [0, 0.05) is 19.0 Å². The number of rotatable bonds is 4. The number of carbonyl (C=O) groups excluding carboxylic acids is 1. The number of aromatic nitrogens is 4. The number of fused-ring (bicyclic) bond motifs is 1. The van der Waals surface area contributed by atoms with Crippen LogP contribution in [0.15, 0.2) is 18.3 Å². The van der Waals surface area contributed by atoms with Crippen LogP contribution in [-0.2, 0) is 19.5 Å². The van der Waals surface area contributed by atoms with E-state index >= 15 is 0 Å². The van der Waals surface area contributed by atoms with Gasteiger partial charge in [-0.2, -0.15) is 0 Å². The molecule has 0 bridgehead atoms. The Morgan fingerprint density at radius 3 is 3.00 bits per heavy atom. The number of methoxy groups -OCH3 is 1. The van der Waals surface area contributed by atoms with E-state index in [0.717, 1.165) is 37.5 Å². The molecule has 0 radical (unpaired) electrons. The van der Waals surface area contributed by atoms with Crippen molar-refractivity contribution in [3.05, 3.63) is 30.0 Å². The summed E-state index contributed by atoms with van der Waals surface area (Å²) >= 11 is 0. The molecule has 1 aliphatic heterocycles. The highest BCUT2D eigenvalue weighted by Gasteiger charge is 2.15. The van der Waals surface area contributed by atoms with Gasteiger partial charge in [-0.1, -0.05) is 6.42 Å². The summed E-state index contributed by atoms with van der Waals surface area (Å²) in [6, 6.07) is 3.12. The summed E-state index contributed by atoms with van der Waals surface area (Å²) in [6.45, 7) is 1.27. The monoisotopic (exact) mass is 316 g/mol. The zero-order valence-electron chi connectivity index (χ0n) is 13.1. The minimum absolute atomic E-state index is 0.303. The van der Waals surface area contributed by atoms with Gasteiger partial charge in [-0.3, -0.25) is 0 Å². The smallest absolute Gasteiger partial charge is 0.319 e. The molecule has 23 heavy (non-hydrogen) atoms. The fourth-order valence-electron chi connectivity index (χ4n) is 2.59. The van der Waals surface area contributed by atoms with Crippen molar-refractivity contribution in [2.45, 2.75) is 38.8 Å². The Morgan fingerprint density at radius 2 is 2.22 bits per heavy atom. The molecule has 2 N–H and O–H groups in total. The molecule has 0 unspecified atom stereocenters. The van der Waals surface area contributed by atoms with E-state index in [0.29, 0.717) is 18.1 Å². The number of urea groups is 1. The van der Waals surface area contributed by atoms with Crippen LogP contribution in [-0.4, -0.2) is 32.9 Å². The number of hydrogen-bond acceptors (Lipinski definition) is 5. The van der Waals surface area contributed by atoms with Gasteiger partial charge in [-0.05, 0) is 18.9 Å². The van der Waals surface area contributed by atoms with Crippen molar-refractivity contribution in [3.63, 3.8) is 0 Å². The lowest BCUT2D eigenvalue weighted by Crippen LogP contribution is -2.29. The lowest BCUT2D eigenvalue weighted by atomic mass is 10.2. The molecule has 0 atom stereocenters. The number of ether oxygens (including phenoxy) is 1. The third-order valence-corrected chi connectivity index (χ3v) is 3.80. The number of amides is 2. The normalized spacial score (nSPS) is 13.8. The minimum atomic E-state index is -0.303. The molecule has 8 nitrogen and oxygen atoms in total. The van der Waals surface area contributed by atoms with Crippen LogP contribution >= 0.6 is 0 Å². The molecule has 0 saturated carbocycles. The van der Waals surface area contributed by atoms with Gasteiger partial charge in [0.2, 0.25) is 5.88 Å². The van der Waals surface area contributed by atoms with Gasteiger partial charge in [0.25, 0.3) is 0 Å². The largest absolute Gasteiger partial charge is 0.481 e. The number of pyridine rings is 1. The molecule has 0 aliphatic carbocycles. The summed E-state index contributed by atoms with van der Waals surface area (Å²) in [7, 11) is 1.55. The standard InChI is InChI=1S/C15H20N6O2/c1-23-14-7-6-11(9-16-14)18-15(22)17-10-13-20-19-12-5-3-2-4-8-21(12)13/h6-7,9H,2-5,8,10H2,1H3,(H2,17,18,22). The van der Waals surface area contributed by atoms with E-state index in [1.165, 1.54) is 6.42 Å². The predicted octanol–water partition coefficient (Wildman–Crippen LogP) is 1.73. The van der Waals surface area contributed by atoms with Crippen LogP contribution < -0.4 is 15.4 Å². The van der Waals surface area contributed by atoms with Crippen LogP contribution in [0.25, 0.3) is 0 Å². The summed E-state index contributed by atoms with van der Waals surface area (Å²) in [6.07, 6.45) is 5.98. The predicted molar refractivity (Wildman–Crippen MR) is 84.2 cm³/mol. The number of anilines is 1. The van der Waals surface area contributed by atoms with Crippen molar-refractivity contribution in [2.24, 2.45) is 0 Å². The van der Waals surface area contributed by atoms with E-state index in [4.69, 9.17) is 4.74 Å². The first kappa shape index (κ1) is 15.3. The molecule has 8 heteroatoms. The first-order chi connectivity index (χ1) is 11.3. The Hall–Kier alpha value is -2.64. The number of aryl methyl sites for hydroxylation is 1. The van der Waals surface area contributed by atoms with Gasteiger partial charge in [0.05, 0.1) is 25.5 Å². The molecule has 2 aromatic heterocycles. The maximum absolute atomic E-state index is 12.0. The molecule has 122 valence electrons. The van der Waals surface area contributed by atoms with E-state index in [9.17, 15) is 4.79 Å². The molecule has 3 rings (SSSR count). The Bertz CT molecular complexity index is 667. The Morgan fingerprint density at radius 1 is 1.30 bits per heavy atom. The van der Waals surface area contributed by atoms with Crippen LogP contribution in [0.2, 0.25) is 0 Å². The second-order valence-corrected chi connectivity index (χ2v) is 5.39. The van der Waals surface area contributed by atoms with Crippen molar-refractivity contribution in [2.75, 3.05) is 12.4 Å². The lowest BCUT2D eigenvalue weighted by molar-refractivity contribution is 0.251. The summed E-state index contributed by atoms with van der Waals surface area (Å²) in [5, 5.41) is 13.9. The van der Waals surface area contributed by atoms with Crippen LogP contribution in [0.1, 0.15) is 30.9 Å². The third-order valence-electron chi connectivity index (χ3n) is 3.80. The van der Waals surface area contributed by atoms with Crippen LogP contribution in [0.3, 0.4) is 0 Å². The van der Waals surface area contributed by atoms with E-state index in [-0.39, 0.29) is 6.03 Å². The Kier molecular flexibility index (Phi) is 4.70. The average molecular weight is 316 g/mol. The van der Waals surface area contributed by atoms with E-state index in [1.54, 1.807) is 25.4 Å². The number of carbonyl (C=O) groups is 1. The molecular formula is C15H20N6O2. The van der Waals surface area contributed by atoms with Crippen LogP contribution in [0, 0.1) is 0 Å². The summed E-state index contributed by atoms with van der Waals surface area (Å²) in [4.78, 5) is 16.0. The molecule has 2 aromatic rings. The zero-order chi connectivity index (χ0) is 16.1. The third kappa shape index (κ3) is 3.77. The molecule has 3 heterocycles. The highest BCUT2D eigenvalue weighted by Crippen LogP contribution is 2.14. The average Bonchev–Trinajstić information content (AvgIpc) is 2.80. The Labute approximate surface area is 134 Å². The highest BCUT2D eigenvalue weighted by molar-refractivity contribution is 5.88. The molecular weight excluding hydrogens is 296 g/mol. The fourth-order valence-corrected chi connectivity index (χ4v) is 2.59. The molecule has 0 saturated heterocycles. The lowest BCUT2D eigenvalue weighted by Gasteiger charge is -2.09. The first-order valence-corrected chi connectivity index (χ1v) is 7.72. The summed E-state index contributed by atoms with van der Waals surface area (Å²) < 4.78 is 7.09. The summed E-state index contributed by atoms with van der Waals surface area (Å²) in [5.74, 6) is 2.31. The van der Waals surface area contributed by atoms with Crippen molar-refractivity contribution in [1.29, 1.82) is 0 Å². The maximum Gasteiger partial charge on any atom is 0.319 e. The fraction of sp³-hybridized carbons (Fsp3) is 0.467. The SMILES string of the molecule is COc1ccc(NC(=O)NCc2nnc3n2CCCCC3)cn1. The number of nitrogens with zero attached hydrogens (tertiary/aromatic N) is 4. The molecule has 0 spiro atoms. The van der Waals surface area contributed by atoms with Crippen molar-refractivity contribution >= 4 is 11.7 Å². The topological polar surface area (TPSA) is 94.0 Å². The number of hydrogen-bond donors (Lipinski definition) is 2. The molecule has 0 fully saturated rings. The van der Waals surface area contributed by atoms with E-state index < -0.39 is 0 Å². The number of nitrogens with one attached hydrogen (secondary N) is 2. The first-order valence-electron chi connectivity index (χ1n) is 7.72. The maximum atomic E-state index is 12.0. The van der Waals surface area contributed by atoms with Crippen LogP contribution in [0.4, 0.5) is 10.5 Å². The molecule has 2 amide bonds.